The Balaban J connectivity index is 0. The molecule has 11 heavy (non-hydrogen) atoms. The molecule has 0 aromatic rings. The van der Waals surface area contributed by atoms with Crippen LogP contribution in [0.1, 0.15) is 0 Å². The van der Waals surface area contributed by atoms with Crippen molar-refractivity contribution < 1.29 is 18.0 Å². The van der Waals surface area contributed by atoms with Crippen LogP contribution in [0.25, 0.3) is 0 Å². The summed E-state index contributed by atoms with van der Waals surface area (Å²) >= 11 is 1.87. The molecule has 0 radical (unpaired) electrons. The molecule has 0 aromatic heterocycles. The van der Waals surface area contributed by atoms with E-state index < -0.39 is 12.1 Å². The van der Waals surface area contributed by atoms with Crippen LogP contribution in [0.15, 0.2) is 0 Å². The van der Waals surface area contributed by atoms with Crippen LogP contribution in [0, 0.1) is 0 Å². The Labute approximate surface area is 81.5 Å². The number of hydrogen-bond donors (Lipinski definition) is 1. The van der Waals surface area contributed by atoms with Gasteiger partial charge in [-0.3, -0.25) is 4.79 Å². The fourth-order valence-corrected chi connectivity index (χ4v) is 0.531. The van der Waals surface area contributed by atoms with Crippen LogP contribution >= 0.6 is 35.0 Å². The Hall–Kier alpha value is 0.280. The van der Waals surface area contributed by atoms with E-state index in [9.17, 15) is 18.0 Å². The zero-order chi connectivity index (χ0) is 8.20. The maximum absolute atomic E-state index is 11.4. The first-order chi connectivity index (χ1) is 4.48. The summed E-state index contributed by atoms with van der Waals surface area (Å²) in [4.78, 5) is 9.98. The summed E-state index contributed by atoms with van der Waals surface area (Å²) in [5.41, 5.74) is 0. The van der Waals surface area contributed by atoms with Gasteiger partial charge in [0.15, 0.2) is 0 Å². The Bertz CT molecular complexity index is 129. The van der Waals surface area contributed by atoms with E-state index in [2.05, 4.69) is 0 Å². The molecule has 0 bridgehead atoms. The van der Waals surface area contributed by atoms with Crippen molar-refractivity contribution in [3.05, 3.63) is 0 Å². The van der Waals surface area contributed by atoms with Crippen LogP contribution in [-0.2, 0) is 4.79 Å². The van der Waals surface area contributed by atoms with E-state index in [1.54, 1.807) is 5.32 Å². The van der Waals surface area contributed by atoms with Crippen molar-refractivity contribution in [1.82, 2.24) is 5.32 Å². The molecule has 0 aliphatic rings. The quantitative estimate of drug-likeness (QED) is 0.608. The minimum absolute atomic E-state index is 0. The largest absolute Gasteiger partial charge is 0.471 e. The Kier molecular flexibility index (Phi) is 7.39. The van der Waals surface area contributed by atoms with Crippen LogP contribution in [0.3, 0.4) is 0 Å². The van der Waals surface area contributed by atoms with Crippen molar-refractivity contribution in [3.8, 4) is 0 Å². The third kappa shape index (κ3) is 6.67. The van der Waals surface area contributed by atoms with Crippen molar-refractivity contribution in [3.63, 3.8) is 0 Å². The molecule has 1 N–H and O–H groups in total. The van der Waals surface area contributed by atoms with Gasteiger partial charge in [-0.05, 0) is 0 Å². The molecular formula is C4H6ClF3INO. The zero-order valence-electron chi connectivity index (χ0n) is 5.24. The number of hydrogen-bond acceptors (Lipinski definition) is 1. The topological polar surface area (TPSA) is 29.1 Å². The molecule has 1 amide bonds. The number of alkyl halides is 4. The lowest BCUT2D eigenvalue weighted by atomic mass is 10.6. The van der Waals surface area contributed by atoms with Crippen molar-refractivity contribution in [2.45, 2.75) is 6.18 Å². The highest BCUT2D eigenvalue weighted by molar-refractivity contribution is 14.1. The van der Waals surface area contributed by atoms with E-state index >= 15 is 0 Å². The molecule has 0 aliphatic heterocycles. The van der Waals surface area contributed by atoms with E-state index in [4.69, 9.17) is 0 Å². The molecule has 0 rings (SSSR count). The summed E-state index contributed by atoms with van der Waals surface area (Å²) in [5, 5.41) is 1.70. The molecular weight excluding hydrogens is 297 g/mol. The average Bonchev–Trinajstić information content (AvgIpc) is 1.80. The molecule has 0 unspecified atom stereocenters. The van der Waals surface area contributed by atoms with E-state index in [1.165, 1.54) is 0 Å². The third-order valence-corrected chi connectivity index (χ3v) is 1.18. The molecule has 0 aliphatic carbocycles. The lowest BCUT2D eigenvalue weighted by Crippen LogP contribution is -2.37. The molecule has 0 aromatic carbocycles. The monoisotopic (exact) mass is 303 g/mol. The molecule has 2 nitrogen and oxygen atoms in total. The maximum Gasteiger partial charge on any atom is 0.471 e. The van der Waals surface area contributed by atoms with E-state index in [-0.39, 0.29) is 19.0 Å². The number of amides is 1. The van der Waals surface area contributed by atoms with Gasteiger partial charge in [-0.15, -0.1) is 12.4 Å². The van der Waals surface area contributed by atoms with Crippen molar-refractivity contribution >= 4 is 40.9 Å². The second kappa shape index (κ2) is 5.87. The van der Waals surface area contributed by atoms with Crippen molar-refractivity contribution in [2.24, 2.45) is 0 Å². The minimum atomic E-state index is -4.74. The Morgan fingerprint density at radius 1 is 1.45 bits per heavy atom. The standard InChI is InChI=1S/C4H5F3INO.ClH/c5-4(6,7)3(10)9-2-1-8;/h1-2H2,(H,9,10);1H. The van der Waals surface area contributed by atoms with Crippen molar-refractivity contribution in [1.29, 1.82) is 0 Å². The summed E-state index contributed by atoms with van der Waals surface area (Å²) in [6, 6.07) is 0. The molecule has 0 fully saturated rings. The molecule has 0 saturated carbocycles. The van der Waals surface area contributed by atoms with E-state index in [0.29, 0.717) is 4.43 Å². The highest BCUT2D eigenvalue weighted by Gasteiger charge is 2.37. The van der Waals surface area contributed by atoms with Crippen LogP contribution < -0.4 is 5.32 Å². The van der Waals surface area contributed by atoms with E-state index in [0.717, 1.165) is 0 Å². The predicted molar refractivity (Wildman–Crippen MR) is 45.2 cm³/mol. The van der Waals surface area contributed by atoms with Gasteiger partial charge in [0, 0.05) is 11.0 Å². The summed E-state index contributed by atoms with van der Waals surface area (Å²) in [7, 11) is 0. The Morgan fingerprint density at radius 3 is 2.18 bits per heavy atom. The van der Waals surface area contributed by atoms with Gasteiger partial charge in [0.25, 0.3) is 0 Å². The fourth-order valence-electron chi connectivity index (χ4n) is 0.261. The maximum atomic E-state index is 11.4. The Morgan fingerprint density at radius 2 is 1.91 bits per heavy atom. The molecule has 0 heterocycles. The summed E-state index contributed by atoms with van der Waals surface area (Å²) < 4.78 is 34.5. The number of carbonyl (C=O) groups is 1. The first-order valence-corrected chi connectivity index (χ1v) is 3.92. The lowest BCUT2D eigenvalue weighted by Gasteiger charge is -2.04. The lowest BCUT2D eigenvalue weighted by molar-refractivity contribution is -0.173. The second-order valence-corrected chi connectivity index (χ2v) is 2.52. The van der Waals surface area contributed by atoms with Crippen LogP contribution in [-0.4, -0.2) is 23.1 Å². The summed E-state index contributed by atoms with van der Waals surface area (Å²) in [6.45, 7) is 0.0545. The van der Waals surface area contributed by atoms with Gasteiger partial charge < -0.3 is 5.32 Å². The van der Waals surface area contributed by atoms with Gasteiger partial charge in [-0.25, -0.2) is 0 Å². The summed E-state index contributed by atoms with van der Waals surface area (Å²) in [6.07, 6.45) is -4.74. The molecule has 68 valence electrons. The van der Waals surface area contributed by atoms with Crippen LogP contribution in [0.4, 0.5) is 13.2 Å². The number of halogens is 5. The first kappa shape index (κ1) is 13.8. The van der Waals surface area contributed by atoms with Gasteiger partial charge in [-0.1, -0.05) is 22.6 Å². The van der Waals surface area contributed by atoms with Crippen LogP contribution in [0.5, 0.6) is 0 Å². The molecule has 7 heteroatoms. The summed E-state index contributed by atoms with van der Waals surface area (Å²) in [5.74, 6) is -1.87. The van der Waals surface area contributed by atoms with Gasteiger partial charge in [0.1, 0.15) is 0 Å². The fraction of sp³-hybridized carbons (Fsp3) is 0.750. The number of rotatable bonds is 2. The zero-order valence-corrected chi connectivity index (χ0v) is 8.22. The van der Waals surface area contributed by atoms with Crippen LogP contribution in [0.2, 0.25) is 0 Å². The minimum Gasteiger partial charge on any atom is -0.348 e. The second-order valence-electron chi connectivity index (χ2n) is 1.44. The smallest absolute Gasteiger partial charge is 0.348 e. The van der Waals surface area contributed by atoms with Crippen molar-refractivity contribution in [2.75, 3.05) is 11.0 Å². The predicted octanol–water partition coefficient (Wildman–Crippen LogP) is 1.52. The highest BCUT2D eigenvalue weighted by Crippen LogP contribution is 2.13. The highest BCUT2D eigenvalue weighted by atomic mass is 127. The normalized spacial score (nSPS) is 10.2. The van der Waals surface area contributed by atoms with Gasteiger partial charge in [-0.2, -0.15) is 13.2 Å². The number of nitrogens with one attached hydrogen (secondary N) is 1. The molecule has 0 atom stereocenters. The molecule has 0 saturated heterocycles. The number of carbonyl (C=O) groups excluding carboxylic acids is 1. The van der Waals surface area contributed by atoms with Gasteiger partial charge in [0.05, 0.1) is 0 Å². The van der Waals surface area contributed by atoms with Gasteiger partial charge in [0.2, 0.25) is 0 Å². The molecule has 0 spiro atoms. The average molecular weight is 303 g/mol. The van der Waals surface area contributed by atoms with Gasteiger partial charge >= 0.3 is 12.1 Å². The first-order valence-electron chi connectivity index (χ1n) is 2.39. The SMILES string of the molecule is Cl.O=C(NCCI)C(F)(F)F. The van der Waals surface area contributed by atoms with E-state index in [1.807, 2.05) is 22.6 Å². The third-order valence-electron chi connectivity index (χ3n) is 0.638.